The predicted molar refractivity (Wildman–Crippen MR) is 143 cm³/mol. The van der Waals surface area contributed by atoms with Crippen molar-refractivity contribution in [2.24, 2.45) is 0 Å². The number of hydrogen-bond donors (Lipinski definition) is 3. The molecule has 0 saturated carbocycles. The largest absolute Gasteiger partial charge is 0.465 e. The zero-order chi connectivity index (χ0) is 26.1. The smallest absolute Gasteiger partial charge is 0.404 e. The van der Waals surface area contributed by atoms with E-state index in [2.05, 4.69) is 25.4 Å². The Hall–Kier alpha value is -3.65. The summed E-state index contributed by atoms with van der Waals surface area (Å²) in [4.78, 5) is 44.5. The molecule has 2 amide bonds. The normalized spacial score (nSPS) is 20.2. The molecule has 6 rings (SSSR count). The number of thiazole rings is 1. The van der Waals surface area contributed by atoms with E-state index >= 15 is 0 Å². The fourth-order valence-corrected chi connectivity index (χ4v) is 6.10. The van der Waals surface area contributed by atoms with E-state index in [0.29, 0.717) is 50.1 Å². The summed E-state index contributed by atoms with van der Waals surface area (Å²) in [5.74, 6) is 0.326. The molecule has 38 heavy (non-hydrogen) atoms. The molecule has 3 aromatic rings. The number of rotatable bonds is 6. The number of morpholine rings is 1. The highest BCUT2D eigenvalue weighted by Gasteiger charge is 2.28. The number of oxazole rings is 1. The Morgan fingerprint density at radius 2 is 1.82 bits per heavy atom. The lowest BCUT2D eigenvalue weighted by molar-refractivity contribution is 0.102. The minimum Gasteiger partial charge on any atom is -0.465 e. The van der Waals surface area contributed by atoms with E-state index < -0.39 is 12.0 Å². The molecule has 1 atom stereocenters. The number of carbonyl (C=O) groups is 2. The molecule has 3 aromatic heterocycles. The number of hydrogen-bond acceptors (Lipinski definition) is 11. The molecule has 14 heteroatoms. The van der Waals surface area contributed by atoms with Crippen molar-refractivity contribution in [3.05, 3.63) is 18.0 Å². The molecule has 202 valence electrons. The number of aromatic nitrogens is 3. The molecule has 3 fully saturated rings. The Morgan fingerprint density at radius 3 is 2.61 bits per heavy atom. The van der Waals surface area contributed by atoms with Crippen LogP contribution in [0.4, 0.5) is 27.4 Å². The molecule has 3 aliphatic rings. The first-order valence-corrected chi connectivity index (χ1v) is 13.8. The van der Waals surface area contributed by atoms with Gasteiger partial charge in [-0.3, -0.25) is 4.79 Å². The van der Waals surface area contributed by atoms with Crippen molar-refractivity contribution in [3.63, 3.8) is 0 Å². The van der Waals surface area contributed by atoms with Gasteiger partial charge >= 0.3 is 6.09 Å². The predicted octanol–water partition coefficient (Wildman–Crippen LogP) is 2.60. The third-order valence-electron chi connectivity index (χ3n) is 7.05. The highest BCUT2D eigenvalue weighted by molar-refractivity contribution is 7.22. The van der Waals surface area contributed by atoms with Crippen molar-refractivity contribution >= 4 is 56.3 Å². The summed E-state index contributed by atoms with van der Waals surface area (Å²) in [5, 5.41) is 15.4. The quantitative estimate of drug-likeness (QED) is 0.422. The number of ether oxygens (including phenoxy) is 1. The third-order valence-corrected chi connectivity index (χ3v) is 8.10. The van der Waals surface area contributed by atoms with E-state index in [4.69, 9.17) is 24.2 Å². The monoisotopic (exact) mass is 542 g/mol. The van der Waals surface area contributed by atoms with Crippen molar-refractivity contribution in [2.45, 2.75) is 31.7 Å². The maximum absolute atomic E-state index is 13.3. The summed E-state index contributed by atoms with van der Waals surface area (Å²) < 4.78 is 12.0. The van der Waals surface area contributed by atoms with Crippen LogP contribution in [0.2, 0.25) is 0 Å². The topological polar surface area (TPSA) is 149 Å². The molecule has 6 heterocycles. The van der Waals surface area contributed by atoms with Gasteiger partial charge in [0.1, 0.15) is 6.26 Å². The van der Waals surface area contributed by atoms with Crippen LogP contribution >= 0.6 is 11.3 Å². The highest BCUT2D eigenvalue weighted by Crippen LogP contribution is 2.35. The Kier molecular flexibility index (Phi) is 6.89. The van der Waals surface area contributed by atoms with Crippen LogP contribution in [-0.2, 0) is 4.74 Å². The van der Waals surface area contributed by atoms with Crippen LogP contribution in [0, 0.1) is 0 Å². The van der Waals surface area contributed by atoms with Crippen LogP contribution in [0.5, 0.6) is 0 Å². The van der Waals surface area contributed by atoms with Crippen LogP contribution in [0.15, 0.2) is 16.7 Å². The van der Waals surface area contributed by atoms with Gasteiger partial charge in [-0.05, 0) is 31.7 Å². The van der Waals surface area contributed by atoms with Crippen molar-refractivity contribution < 1.29 is 23.8 Å². The molecule has 0 bridgehead atoms. The van der Waals surface area contributed by atoms with Gasteiger partial charge in [0.05, 0.1) is 29.6 Å². The lowest BCUT2D eigenvalue weighted by Crippen LogP contribution is -2.36. The molecule has 3 aliphatic heterocycles. The summed E-state index contributed by atoms with van der Waals surface area (Å²) in [6.07, 6.45) is 4.24. The molecule has 3 N–H and O–H groups in total. The number of nitrogens with one attached hydrogen (secondary N) is 2. The fourth-order valence-electron chi connectivity index (χ4n) is 5.10. The summed E-state index contributed by atoms with van der Waals surface area (Å²) in [7, 11) is 0. The standard InChI is InChI=1S/C24H30N8O5S/c33-21(17-14-37-22(27-17)32-7-4-15(13-32)25-24(34)35)26-16-12-18-19(28-20(16)30-5-2-1-3-6-30)29-23(38-18)31-8-10-36-11-9-31/h12,14-15,25H,1-11,13H2,(H,26,33)(H,34,35)/t15-/m0/s1. The van der Waals surface area contributed by atoms with Crippen molar-refractivity contribution in [1.82, 2.24) is 20.3 Å². The van der Waals surface area contributed by atoms with Gasteiger partial charge in [0.15, 0.2) is 22.3 Å². The van der Waals surface area contributed by atoms with Crippen LogP contribution in [0.1, 0.15) is 36.2 Å². The van der Waals surface area contributed by atoms with Gasteiger partial charge in [-0.25, -0.2) is 9.78 Å². The second-order valence-electron chi connectivity index (χ2n) is 9.68. The van der Waals surface area contributed by atoms with Crippen molar-refractivity contribution in [1.29, 1.82) is 0 Å². The van der Waals surface area contributed by atoms with Crippen molar-refractivity contribution in [3.8, 4) is 0 Å². The Bertz CT molecular complexity index is 1320. The minimum absolute atomic E-state index is 0.151. The number of piperidine rings is 1. The van der Waals surface area contributed by atoms with E-state index in [9.17, 15) is 9.59 Å². The Balaban J connectivity index is 1.23. The van der Waals surface area contributed by atoms with Gasteiger partial charge in [-0.1, -0.05) is 11.3 Å². The van der Waals surface area contributed by atoms with Gasteiger partial charge in [-0.2, -0.15) is 9.97 Å². The second kappa shape index (κ2) is 10.6. The SMILES string of the molecule is O=C(O)N[C@H]1CCN(c2nc(C(=O)Nc3cc4sc(N5CCOCC5)nc4nc3N3CCCCC3)co2)C1. The third kappa shape index (κ3) is 5.18. The summed E-state index contributed by atoms with van der Waals surface area (Å²) in [6, 6.07) is 2.05. The first-order valence-electron chi connectivity index (χ1n) is 12.9. The number of nitrogens with zero attached hydrogens (tertiary/aromatic N) is 6. The van der Waals surface area contributed by atoms with E-state index in [1.54, 1.807) is 11.3 Å². The first-order chi connectivity index (χ1) is 18.5. The average Bonchev–Trinajstić information content (AvgIpc) is 3.68. The second-order valence-corrected chi connectivity index (χ2v) is 10.7. The number of pyridine rings is 1. The summed E-state index contributed by atoms with van der Waals surface area (Å²) >= 11 is 1.56. The van der Waals surface area contributed by atoms with Gasteiger partial charge in [0, 0.05) is 39.3 Å². The number of amides is 2. The number of anilines is 4. The van der Waals surface area contributed by atoms with Crippen LogP contribution in [-0.4, -0.2) is 90.6 Å². The minimum atomic E-state index is -1.06. The maximum atomic E-state index is 13.3. The lowest BCUT2D eigenvalue weighted by Gasteiger charge is -2.29. The van der Waals surface area contributed by atoms with Gasteiger partial charge in [0.25, 0.3) is 11.9 Å². The van der Waals surface area contributed by atoms with Gasteiger partial charge in [0.2, 0.25) is 0 Å². The molecular formula is C24H30N8O5S. The van der Waals surface area contributed by atoms with Crippen LogP contribution < -0.4 is 25.3 Å². The number of carboxylic acid groups (broad SMARTS) is 1. The number of fused-ring (bicyclic) bond motifs is 1. The molecule has 0 aliphatic carbocycles. The van der Waals surface area contributed by atoms with E-state index in [0.717, 1.165) is 54.7 Å². The summed E-state index contributed by atoms with van der Waals surface area (Å²) in [5.41, 5.74) is 1.45. The van der Waals surface area contributed by atoms with Gasteiger partial charge in [-0.15, -0.1) is 0 Å². The molecular weight excluding hydrogens is 512 g/mol. The zero-order valence-corrected chi connectivity index (χ0v) is 21.7. The molecule has 3 saturated heterocycles. The Labute approximate surface area is 222 Å². The van der Waals surface area contributed by atoms with E-state index in [1.807, 2.05) is 11.0 Å². The van der Waals surface area contributed by atoms with E-state index in [1.165, 1.54) is 12.7 Å². The fraction of sp³-hybridized carbons (Fsp3) is 0.542. The van der Waals surface area contributed by atoms with Crippen LogP contribution in [0.3, 0.4) is 0 Å². The van der Waals surface area contributed by atoms with Gasteiger partial charge < -0.3 is 39.6 Å². The van der Waals surface area contributed by atoms with Crippen molar-refractivity contribution in [2.75, 3.05) is 72.5 Å². The first kappa shape index (κ1) is 24.7. The lowest BCUT2D eigenvalue weighted by atomic mass is 10.1. The van der Waals surface area contributed by atoms with E-state index in [-0.39, 0.29) is 11.7 Å². The zero-order valence-electron chi connectivity index (χ0n) is 20.9. The Morgan fingerprint density at radius 1 is 1.00 bits per heavy atom. The summed E-state index contributed by atoms with van der Waals surface area (Å²) in [6.45, 7) is 5.71. The average molecular weight is 543 g/mol. The van der Waals surface area contributed by atoms with Crippen LogP contribution in [0.25, 0.3) is 10.3 Å². The highest BCUT2D eigenvalue weighted by atomic mass is 32.1. The molecule has 0 spiro atoms. The maximum Gasteiger partial charge on any atom is 0.404 e. The molecule has 0 aromatic carbocycles. The molecule has 0 radical (unpaired) electrons. The number of carbonyl (C=O) groups excluding carboxylic acids is 1. The molecule has 0 unspecified atom stereocenters. The molecule has 13 nitrogen and oxygen atoms in total.